The summed E-state index contributed by atoms with van der Waals surface area (Å²) in [6, 6.07) is 13.9. The summed E-state index contributed by atoms with van der Waals surface area (Å²) in [5, 5.41) is 1.05. The first-order valence-corrected chi connectivity index (χ1v) is 8.18. The van der Waals surface area contributed by atoms with Gasteiger partial charge in [-0.05, 0) is 24.3 Å². The minimum Gasteiger partial charge on any atom is -0.588 e. The Kier molecular flexibility index (Phi) is 2.99. The average molecular weight is 309 g/mol. The first kappa shape index (κ1) is 13.4. The lowest BCUT2D eigenvalue weighted by atomic mass is 10.00. The van der Waals surface area contributed by atoms with Crippen molar-refractivity contribution in [3.63, 3.8) is 0 Å². The monoisotopic (exact) mass is 309 g/mol. The van der Waals surface area contributed by atoms with Gasteiger partial charge < -0.3 is 9.45 Å². The highest BCUT2D eigenvalue weighted by atomic mass is 32.2. The molecule has 0 spiro atoms. The molecular formula is C17H15N3OS. The minimum absolute atomic E-state index is 0.818. The molecule has 2 aromatic carbocycles. The van der Waals surface area contributed by atoms with Gasteiger partial charge in [0.25, 0.3) is 0 Å². The van der Waals surface area contributed by atoms with Crippen LogP contribution in [-0.4, -0.2) is 23.6 Å². The third-order valence-corrected chi connectivity index (χ3v) is 5.09. The Morgan fingerprint density at radius 3 is 2.68 bits per heavy atom. The van der Waals surface area contributed by atoms with Crippen LogP contribution in [0.1, 0.15) is 0 Å². The van der Waals surface area contributed by atoms with E-state index in [1.807, 2.05) is 44.4 Å². The van der Waals surface area contributed by atoms with Gasteiger partial charge in [0, 0.05) is 42.5 Å². The van der Waals surface area contributed by atoms with Crippen LogP contribution in [-0.2, 0) is 11.4 Å². The standard InChI is InChI=1S/C17H15N3OS/c1-20(2)14-9-10-18-16-13(14)8-7-12-11-5-3-4-6-15(11)22(21)19-17(12)16/h3-10,19H,1-2H3. The van der Waals surface area contributed by atoms with E-state index in [-0.39, 0.29) is 0 Å². The molecule has 4 nitrogen and oxygen atoms in total. The zero-order valence-electron chi connectivity index (χ0n) is 12.3. The summed E-state index contributed by atoms with van der Waals surface area (Å²) in [4.78, 5) is 7.40. The number of anilines is 2. The Bertz CT molecular complexity index is 879. The predicted molar refractivity (Wildman–Crippen MR) is 91.5 cm³/mol. The lowest BCUT2D eigenvalue weighted by Gasteiger charge is -2.24. The second kappa shape index (κ2) is 4.90. The topological polar surface area (TPSA) is 51.2 Å². The summed E-state index contributed by atoms with van der Waals surface area (Å²) >= 11 is -1.25. The normalized spacial score (nSPS) is 15.9. The van der Waals surface area contributed by atoms with E-state index in [1.54, 1.807) is 6.20 Å². The summed E-state index contributed by atoms with van der Waals surface area (Å²) in [5.74, 6) is 0. The first-order chi connectivity index (χ1) is 10.7. The lowest BCUT2D eigenvalue weighted by molar-refractivity contribution is 0.600. The Morgan fingerprint density at radius 2 is 1.86 bits per heavy atom. The van der Waals surface area contributed by atoms with Crippen molar-refractivity contribution in [2.45, 2.75) is 4.90 Å². The van der Waals surface area contributed by atoms with Crippen LogP contribution in [0.15, 0.2) is 53.6 Å². The number of pyridine rings is 1. The fourth-order valence-electron chi connectivity index (χ4n) is 2.92. The van der Waals surface area contributed by atoms with Crippen molar-refractivity contribution in [1.29, 1.82) is 0 Å². The van der Waals surface area contributed by atoms with Crippen LogP contribution in [0, 0.1) is 0 Å². The number of nitrogens with one attached hydrogen (secondary N) is 1. The van der Waals surface area contributed by atoms with Crippen molar-refractivity contribution >= 4 is 33.6 Å². The van der Waals surface area contributed by atoms with Crippen LogP contribution in [0.4, 0.5) is 11.4 Å². The van der Waals surface area contributed by atoms with Crippen molar-refractivity contribution in [2.24, 2.45) is 0 Å². The zero-order chi connectivity index (χ0) is 15.3. The molecular weight excluding hydrogens is 294 g/mol. The SMILES string of the molecule is CN(C)c1ccnc2c3c(ccc12)-c1ccccc1[S+]([O-])N3. The molecule has 0 radical (unpaired) electrons. The number of benzene rings is 2. The Labute approximate surface area is 132 Å². The van der Waals surface area contributed by atoms with Crippen molar-refractivity contribution < 1.29 is 4.55 Å². The second-order valence-electron chi connectivity index (χ2n) is 5.48. The number of fused-ring (bicyclic) bond motifs is 5. The molecule has 3 aromatic rings. The van der Waals surface area contributed by atoms with E-state index in [0.717, 1.165) is 38.3 Å². The van der Waals surface area contributed by atoms with E-state index < -0.39 is 11.4 Å². The molecule has 1 N–H and O–H groups in total. The lowest BCUT2D eigenvalue weighted by Crippen LogP contribution is -2.19. The Hall–Kier alpha value is -2.24. The van der Waals surface area contributed by atoms with Crippen molar-refractivity contribution in [3.8, 4) is 11.1 Å². The number of nitrogens with zero attached hydrogens (tertiary/aromatic N) is 2. The largest absolute Gasteiger partial charge is 0.588 e. The number of hydrogen-bond acceptors (Lipinski definition) is 4. The fraction of sp³-hybridized carbons (Fsp3) is 0.118. The summed E-state index contributed by atoms with van der Waals surface area (Å²) in [6.45, 7) is 0. The van der Waals surface area contributed by atoms with Crippen LogP contribution in [0.3, 0.4) is 0 Å². The molecule has 0 saturated heterocycles. The van der Waals surface area contributed by atoms with E-state index >= 15 is 0 Å². The number of hydrogen-bond donors (Lipinski definition) is 1. The number of rotatable bonds is 1. The van der Waals surface area contributed by atoms with E-state index in [2.05, 4.69) is 26.7 Å². The molecule has 1 aliphatic heterocycles. The van der Waals surface area contributed by atoms with Gasteiger partial charge in [0.1, 0.15) is 22.6 Å². The van der Waals surface area contributed by atoms with E-state index in [4.69, 9.17) is 0 Å². The van der Waals surface area contributed by atoms with E-state index in [9.17, 15) is 4.55 Å². The molecule has 1 aliphatic rings. The van der Waals surface area contributed by atoms with Crippen LogP contribution in [0.25, 0.3) is 22.0 Å². The van der Waals surface area contributed by atoms with Gasteiger partial charge in [0.15, 0.2) is 4.90 Å². The molecule has 2 heterocycles. The van der Waals surface area contributed by atoms with E-state index in [1.165, 1.54) is 0 Å². The molecule has 0 saturated carbocycles. The Balaban J connectivity index is 2.05. The van der Waals surface area contributed by atoms with Crippen LogP contribution < -0.4 is 9.62 Å². The minimum atomic E-state index is -1.25. The van der Waals surface area contributed by atoms with Crippen LogP contribution >= 0.6 is 0 Å². The molecule has 5 heteroatoms. The molecule has 0 aliphatic carbocycles. The van der Waals surface area contributed by atoms with Crippen molar-refractivity contribution in [3.05, 3.63) is 48.7 Å². The third-order valence-electron chi connectivity index (χ3n) is 3.94. The summed E-state index contributed by atoms with van der Waals surface area (Å²) in [6.07, 6.45) is 1.79. The van der Waals surface area contributed by atoms with Gasteiger partial charge in [-0.3, -0.25) is 4.98 Å². The highest BCUT2D eigenvalue weighted by molar-refractivity contribution is 7.93. The highest BCUT2D eigenvalue weighted by Crippen LogP contribution is 2.43. The van der Waals surface area contributed by atoms with Gasteiger partial charge in [0.05, 0.1) is 0 Å². The maximum atomic E-state index is 12.5. The second-order valence-corrected chi connectivity index (χ2v) is 6.66. The molecule has 1 atom stereocenters. The first-order valence-electron chi connectivity index (χ1n) is 7.03. The van der Waals surface area contributed by atoms with Gasteiger partial charge in [-0.2, -0.15) is 0 Å². The molecule has 110 valence electrons. The zero-order valence-corrected chi connectivity index (χ0v) is 13.1. The summed E-state index contributed by atoms with van der Waals surface area (Å²) in [7, 11) is 4.02. The molecule has 0 bridgehead atoms. The summed E-state index contributed by atoms with van der Waals surface area (Å²) < 4.78 is 15.6. The Morgan fingerprint density at radius 1 is 1.05 bits per heavy atom. The molecule has 1 aromatic heterocycles. The smallest absolute Gasteiger partial charge is 0.187 e. The van der Waals surface area contributed by atoms with Gasteiger partial charge in [-0.25, -0.2) is 4.72 Å². The third kappa shape index (κ3) is 1.86. The van der Waals surface area contributed by atoms with Crippen molar-refractivity contribution in [2.75, 3.05) is 23.7 Å². The average Bonchev–Trinajstić information content (AvgIpc) is 2.54. The van der Waals surface area contributed by atoms with Gasteiger partial charge in [-0.15, -0.1) is 0 Å². The van der Waals surface area contributed by atoms with Gasteiger partial charge in [0.2, 0.25) is 0 Å². The molecule has 22 heavy (non-hydrogen) atoms. The van der Waals surface area contributed by atoms with Crippen molar-refractivity contribution in [1.82, 2.24) is 4.98 Å². The maximum absolute atomic E-state index is 12.5. The predicted octanol–water partition coefficient (Wildman–Crippen LogP) is 3.42. The molecule has 0 fully saturated rings. The molecule has 0 amide bonds. The van der Waals surface area contributed by atoms with Crippen LogP contribution in [0.2, 0.25) is 0 Å². The number of aromatic nitrogens is 1. The van der Waals surface area contributed by atoms with Gasteiger partial charge >= 0.3 is 0 Å². The fourth-order valence-corrected chi connectivity index (χ4v) is 4.00. The van der Waals surface area contributed by atoms with Crippen LogP contribution in [0.5, 0.6) is 0 Å². The highest BCUT2D eigenvalue weighted by Gasteiger charge is 2.28. The maximum Gasteiger partial charge on any atom is 0.187 e. The molecule has 4 rings (SSSR count). The van der Waals surface area contributed by atoms with E-state index in [0.29, 0.717) is 0 Å². The van der Waals surface area contributed by atoms with Gasteiger partial charge in [-0.1, -0.05) is 18.2 Å². The quantitative estimate of drug-likeness (QED) is 0.700. The summed E-state index contributed by atoms with van der Waals surface area (Å²) in [5.41, 5.74) is 4.85. The molecule has 1 unspecified atom stereocenters.